The Hall–Kier alpha value is -0.0100. The molecule has 0 aliphatic carbocycles. The number of phosphoric acid groups is 1. The summed E-state index contributed by atoms with van der Waals surface area (Å²) in [5, 5.41) is 0. The van der Waals surface area contributed by atoms with Crippen LogP contribution in [0.25, 0.3) is 0 Å². The third-order valence-corrected chi connectivity index (χ3v) is 3.39. The van der Waals surface area contributed by atoms with Gasteiger partial charge in [0.1, 0.15) is 0 Å². The van der Waals surface area contributed by atoms with E-state index in [1.807, 2.05) is 0 Å². The average molecular weight is 342 g/mol. The molecule has 0 aliphatic heterocycles. The molecule has 0 amide bonds. The van der Waals surface area contributed by atoms with Gasteiger partial charge in [-0.05, 0) is 6.42 Å². The molecule has 0 aromatic rings. The molecule has 0 fully saturated rings. The summed E-state index contributed by atoms with van der Waals surface area (Å²) in [7, 11) is -4.38. The van der Waals surface area contributed by atoms with Crippen molar-refractivity contribution in [2.75, 3.05) is 46.2 Å². The highest BCUT2D eigenvalue weighted by molar-refractivity contribution is 7.46. The first kappa shape index (κ1) is 22.0. The van der Waals surface area contributed by atoms with Gasteiger partial charge in [-0.3, -0.25) is 4.52 Å². The number of hydrogen-bond acceptors (Lipinski definition) is 5. The Morgan fingerprint density at radius 1 is 0.682 bits per heavy atom. The van der Waals surface area contributed by atoms with E-state index in [2.05, 4.69) is 11.4 Å². The highest BCUT2D eigenvalue weighted by Gasteiger charge is 2.12. The Balaban J connectivity index is 3.01. The fourth-order valence-electron chi connectivity index (χ4n) is 1.74. The van der Waals surface area contributed by atoms with Crippen LogP contribution in [0, 0.1) is 0 Å². The lowest BCUT2D eigenvalue weighted by molar-refractivity contribution is 0.00702. The van der Waals surface area contributed by atoms with Gasteiger partial charge in [0.2, 0.25) is 0 Å². The molecule has 0 saturated heterocycles. The molecule has 0 bridgehead atoms. The number of hydrogen-bond donors (Lipinski definition) is 2. The van der Waals surface area contributed by atoms with Crippen molar-refractivity contribution in [2.45, 2.75) is 45.4 Å². The predicted molar refractivity (Wildman–Crippen MR) is 83.8 cm³/mol. The van der Waals surface area contributed by atoms with Crippen LogP contribution < -0.4 is 0 Å². The molecular weight excluding hydrogens is 311 g/mol. The van der Waals surface area contributed by atoms with Gasteiger partial charge < -0.3 is 24.0 Å². The number of rotatable bonds is 17. The van der Waals surface area contributed by atoms with Crippen molar-refractivity contribution in [2.24, 2.45) is 0 Å². The Morgan fingerprint density at radius 3 is 1.68 bits per heavy atom. The summed E-state index contributed by atoms with van der Waals surface area (Å²) in [6, 6.07) is 0. The van der Waals surface area contributed by atoms with Crippen LogP contribution in [0.2, 0.25) is 0 Å². The number of ether oxygens (including phenoxy) is 3. The molecule has 0 aromatic heterocycles. The topological polar surface area (TPSA) is 94.5 Å². The van der Waals surface area contributed by atoms with Crippen molar-refractivity contribution >= 4 is 7.82 Å². The monoisotopic (exact) mass is 342 g/mol. The Morgan fingerprint density at radius 2 is 1.14 bits per heavy atom. The largest absolute Gasteiger partial charge is 0.469 e. The van der Waals surface area contributed by atoms with Crippen LogP contribution in [0.1, 0.15) is 45.4 Å². The van der Waals surface area contributed by atoms with E-state index in [1.165, 1.54) is 32.1 Å². The molecule has 0 aliphatic rings. The Labute approximate surface area is 133 Å². The smallest absolute Gasteiger partial charge is 0.379 e. The predicted octanol–water partition coefficient (Wildman–Crippen LogP) is 2.51. The summed E-state index contributed by atoms with van der Waals surface area (Å²) in [6.07, 6.45) is 7.53. The summed E-state index contributed by atoms with van der Waals surface area (Å²) in [5.41, 5.74) is 0. The minimum Gasteiger partial charge on any atom is -0.379 e. The second kappa shape index (κ2) is 15.9. The molecule has 0 aromatic carbocycles. The van der Waals surface area contributed by atoms with E-state index in [-0.39, 0.29) is 13.2 Å². The van der Waals surface area contributed by atoms with E-state index < -0.39 is 7.82 Å². The van der Waals surface area contributed by atoms with Gasteiger partial charge in [-0.15, -0.1) is 0 Å². The first-order valence-corrected chi connectivity index (χ1v) is 9.52. The summed E-state index contributed by atoms with van der Waals surface area (Å²) in [4.78, 5) is 16.9. The van der Waals surface area contributed by atoms with Crippen LogP contribution in [0.5, 0.6) is 0 Å². The fraction of sp³-hybridized carbons (Fsp3) is 1.00. The van der Waals surface area contributed by atoms with Crippen molar-refractivity contribution < 1.29 is 33.1 Å². The van der Waals surface area contributed by atoms with Crippen LogP contribution in [-0.4, -0.2) is 56.0 Å². The van der Waals surface area contributed by atoms with E-state index in [0.717, 1.165) is 13.0 Å². The van der Waals surface area contributed by atoms with E-state index >= 15 is 0 Å². The quantitative estimate of drug-likeness (QED) is 0.310. The highest BCUT2D eigenvalue weighted by atomic mass is 31.2. The molecule has 0 unspecified atom stereocenters. The molecule has 22 heavy (non-hydrogen) atoms. The zero-order chi connectivity index (χ0) is 16.5. The standard InChI is InChI=1S/C14H31O7P/c1-2-3-4-5-6-7-8-18-9-10-19-11-12-20-13-14-21-22(15,16)17/h2-14H2,1H3,(H2,15,16,17). The van der Waals surface area contributed by atoms with Crippen LogP contribution in [0.15, 0.2) is 0 Å². The Kier molecular flexibility index (Phi) is 15.9. The zero-order valence-electron chi connectivity index (χ0n) is 13.6. The van der Waals surface area contributed by atoms with Gasteiger partial charge in [-0.1, -0.05) is 39.0 Å². The maximum atomic E-state index is 10.4. The van der Waals surface area contributed by atoms with Crippen molar-refractivity contribution in [3.05, 3.63) is 0 Å². The van der Waals surface area contributed by atoms with Gasteiger partial charge in [0, 0.05) is 6.61 Å². The maximum Gasteiger partial charge on any atom is 0.469 e. The van der Waals surface area contributed by atoms with Gasteiger partial charge in [0.05, 0.1) is 39.6 Å². The molecule has 2 N–H and O–H groups in total. The second-order valence-electron chi connectivity index (χ2n) is 4.93. The Bertz CT molecular complexity index is 270. The first-order chi connectivity index (χ1) is 10.6. The van der Waals surface area contributed by atoms with Crippen LogP contribution in [0.3, 0.4) is 0 Å². The van der Waals surface area contributed by atoms with Crippen molar-refractivity contribution in [1.29, 1.82) is 0 Å². The third kappa shape index (κ3) is 20.0. The fourth-order valence-corrected chi connectivity index (χ4v) is 2.05. The highest BCUT2D eigenvalue weighted by Crippen LogP contribution is 2.35. The molecule has 0 rings (SSSR count). The molecule has 0 saturated carbocycles. The van der Waals surface area contributed by atoms with E-state index in [0.29, 0.717) is 26.4 Å². The van der Waals surface area contributed by atoms with Crippen LogP contribution in [-0.2, 0) is 23.3 Å². The molecule has 0 spiro atoms. The van der Waals surface area contributed by atoms with Gasteiger partial charge >= 0.3 is 7.82 Å². The van der Waals surface area contributed by atoms with Crippen LogP contribution >= 0.6 is 7.82 Å². The normalized spacial score (nSPS) is 12.0. The summed E-state index contributed by atoms with van der Waals surface area (Å²) in [6.45, 7) is 4.89. The SMILES string of the molecule is CCCCCCCCOCCOCCOCCOP(=O)(O)O. The lowest BCUT2D eigenvalue weighted by Gasteiger charge is -2.07. The summed E-state index contributed by atoms with van der Waals surface area (Å²) in [5.74, 6) is 0. The van der Waals surface area contributed by atoms with E-state index in [1.54, 1.807) is 0 Å². The van der Waals surface area contributed by atoms with Gasteiger partial charge in [0.15, 0.2) is 0 Å². The van der Waals surface area contributed by atoms with Crippen molar-refractivity contribution in [1.82, 2.24) is 0 Å². The first-order valence-electron chi connectivity index (χ1n) is 7.99. The summed E-state index contributed by atoms with van der Waals surface area (Å²) < 4.78 is 30.4. The third-order valence-electron chi connectivity index (χ3n) is 2.87. The zero-order valence-corrected chi connectivity index (χ0v) is 14.5. The van der Waals surface area contributed by atoms with Crippen molar-refractivity contribution in [3.8, 4) is 0 Å². The summed E-state index contributed by atoms with van der Waals surface area (Å²) >= 11 is 0. The molecule has 0 radical (unpaired) electrons. The minimum absolute atomic E-state index is 0.128. The molecular formula is C14H31O7P. The minimum atomic E-state index is -4.38. The molecule has 8 heteroatoms. The molecule has 134 valence electrons. The average Bonchev–Trinajstić information content (AvgIpc) is 2.45. The lowest BCUT2D eigenvalue weighted by Crippen LogP contribution is -2.11. The molecule has 0 atom stereocenters. The van der Waals surface area contributed by atoms with Crippen molar-refractivity contribution in [3.63, 3.8) is 0 Å². The van der Waals surface area contributed by atoms with Crippen LogP contribution in [0.4, 0.5) is 0 Å². The van der Waals surface area contributed by atoms with Gasteiger partial charge in [-0.25, -0.2) is 4.57 Å². The number of phosphoric ester groups is 1. The van der Waals surface area contributed by atoms with E-state index in [9.17, 15) is 4.57 Å². The van der Waals surface area contributed by atoms with E-state index in [4.69, 9.17) is 24.0 Å². The lowest BCUT2D eigenvalue weighted by atomic mass is 10.1. The second-order valence-corrected chi connectivity index (χ2v) is 6.17. The van der Waals surface area contributed by atoms with Gasteiger partial charge in [-0.2, -0.15) is 0 Å². The number of unbranched alkanes of at least 4 members (excludes halogenated alkanes) is 5. The molecule has 0 heterocycles. The molecule has 7 nitrogen and oxygen atoms in total. The maximum absolute atomic E-state index is 10.4. The van der Waals surface area contributed by atoms with Gasteiger partial charge in [0.25, 0.3) is 0 Å².